The van der Waals surface area contributed by atoms with Crippen LogP contribution in [0.4, 0.5) is 0 Å². The van der Waals surface area contributed by atoms with Crippen LogP contribution in [0.5, 0.6) is 11.5 Å². The molecule has 0 amide bonds. The number of nitrogens with one attached hydrogen (secondary N) is 2. The van der Waals surface area contributed by atoms with Crippen molar-refractivity contribution >= 4 is 29.9 Å². The predicted octanol–water partition coefficient (Wildman–Crippen LogP) is 3.27. The second-order valence-electron chi connectivity index (χ2n) is 5.82. The van der Waals surface area contributed by atoms with E-state index in [0.29, 0.717) is 6.54 Å². The summed E-state index contributed by atoms with van der Waals surface area (Å²) in [7, 11) is 1.65. The maximum Gasteiger partial charge on any atom is 0.191 e. The van der Waals surface area contributed by atoms with Crippen molar-refractivity contribution in [1.82, 2.24) is 15.6 Å². The van der Waals surface area contributed by atoms with E-state index in [9.17, 15) is 0 Å². The number of pyridine rings is 1. The maximum atomic E-state index is 5.89. The van der Waals surface area contributed by atoms with E-state index in [0.717, 1.165) is 42.7 Å². The fourth-order valence-electron chi connectivity index (χ4n) is 2.34. The van der Waals surface area contributed by atoms with Crippen LogP contribution in [0, 0.1) is 0 Å². The Bertz CT molecular complexity index is 665. The van der Waals surface area contributed by atoms with Crippen molar-refractivity contribution in [2.45, 2.75) is 26.4 Å². The Kier molecular flexibility index (Phi) is 11.2. The van der Waals surface area contributed by atoms with Crippen molar-refractivity contribution in [3.8, 4) is 11.5 Å². The summed E-state index contributed by atoms with van der Waals surface area (Å²) >= 11 is 0. The van der Waals surface area contributed by atoms with Crippen LogP contribution in [0.15, 0.2) is 53.7 Å². The lowest BCUT2D eigenvalue weighted by Crippen LogP contribution is -2.39. The van der Waals surface area contributed by atoms with E-state index in [-0.39, 0.29) is 30.1 Å². The third-order valence-corrected chi connectivity index (χ3v) is 3.65. The third-order valence-electron chi connectivity index (χ3n) is 3.65. The highest BCUT2D eigenvalue weighted by Crippen LogP contribution is 2.18. The number of aliphatic imine (C=N–C) groups is 1. The van der Waals surface area contributed by atoms with Crippen LogP contribution in [-0.4, -0.2) is 43.8 Å². The number of ether oxygens (including phenoxy) is 2. The van der Waals surface area contributed by atoms with E-state index in [2.05, 4.69) is 20.6 Å². The number of nitrogens with zero attached hydrogens (tertiary/aromatic N) is 2. The van der Waals surface area contributed by atoms with Crippen molar-refractivity contribution in [3.05, 3.63) is 54.4 Å². The smallest absolute Gasteiger partial charge is 0.191 e. The monoisotopic (exact) mass is 484 g/mol. The maximum absolute atomic E-state index is 5.89. The Morgan fingerprint density at radius 1 is 1.11 bits per heavy atom. The average Bonchev–Trinajstić information content (AvgIpc) is 2.67. The van der Waals surface area contributed by atoms with Crippen LogP contribution < -0.4 is 20.1 Å². The van der Waals surface area contributed by atoms with Crippen LogP contribution >= 0.6 is 24.0 Å². The van der Waals surface area contributed by atoms with E-state index in [1.165, 1.54) is 0 Å². The van der Waals surface area contributed by atoms with Gasteiger partial charge < -0.3 is 20.1 Å². The molecule has 0 spiro atoms. The zero-order valence-corrected chi connectivity index (χ0v) is 18.5. The third kappa shape index (κ3) is 8.94. The molecule has 0 aliphatic heterocycles. The number of aromatic nitrogens is 1. The largest absolute Gasteiger partial charge is 0.497 e. The minimum Gasteiger partial charge on any atom is -0.497 e. The molecule has 2 N–H and O–H groups in total. The van der Waals surface area contributed by atoms with Gasteiger partial charge in [-0.1, -0.05) is 6.07 Å². The molecule has 6 nitrogen and oxygen atoms in total. The standard InChI is InChI=1S/C20H28N4O2.HI/c1-4-21-20(23-14-12-17-7-5-6-13-22-17)24-15-16(2)26-19-10-8-18(25-3)9-11-19;/h5-11,13,16H,4,12,14-15H2,1-3H3,(H2,21,23,24);1H. The molecule has 27 heavy (non-hydrogen) atoms. The quantitative estimate of drug-likeness (QED) is 0.325. The van der Waals surface area contributed by atoms with E-state index in [1.807, 2.05) is 62.5 Å². The molecule has 0 fully saturated rings. The molecule has 1 atom stereocenters. The number of rotatable bonds is 9. The number of halogens is 1. The van der Waals surface area contributed by atoms with Crippen molar-refractivity contribution in [1.29, 1.82) is 0 Å². The van der Waals surface area contributed by atoms with Gasteiger partial charge in [0, 0.05) is 31.4 Å². The van der Waals surface area contributed by atoms with Crippen LogP contribution in [0.3, 0.4) is 0 Å². The Labute approximate surface area is 178 Å². The van der Waals surface area contributed by atoms with Crippen molar-refractivity contribution < 1.29 is 9.47 Å². The Morgan fingerprint density at radius 3 is 2.48 bits per heavy atom. The average molecular weight is 484 g/mol. The first kappa shape index (κ1) is 23.0. The Morgan fingerprint density at radius 2 is 1.85 bits per heavy atom. The van der Waals surface area contributed by atoms with Crippen LogP contribution in [-0.2, 0) is 6.42 Å². The Balaban J connectivity index is 0.00000364. The number of hydrogen-bond acceptors (Lipinski definition) is 4. The second-order valence-corrected chi connectivity index (χ2v) is 5.82. The van der Waals surface area contributed by atoms with Gasteiger partial charge in [0.1, 0.15) is 17.6 Å². The molecule has 0 radical (unpaired) electrons. The summed E-state index contributed by atoms with van der Waals surface area (Å²) in [4.78, 5) is 8.92. The van der Waals surface area contributed by atoms with Gasteiger partial charge in [0.15, 0.2) is 5.96 Å². The van der Waals surface area contributed by atoms with E-state index in [4.69, 9.17) is 9.47 Å². The van der Waals surface area contributed by atoms with Crippen LogP contribution in [0.1, 0.15) is 19.5 Å². The summed E-state index contributed by atoms with van der Waals surface area (Å²) in [6.45, 7) is 6.20. The van der Waals surface area contributed by atoms with Gasteiger partial charge in [-0.05, 0) is 50.2 Å². The van der Waals surface area contributed by atoms with Gasteiger partial charge in [-0.2, -0.15) is 0 Å². The van der Waals surface area contributed by atoms with E-state index in [1.54, 1.807) is 7.11 Å². The molecule has 2 aromatic rings. The molecule has 0 saturated heterocycles. The number of methoxy groups -OCH3 is 1. The molecule has 7 heteroatoms. The number of hydrogen-bond donors (Lipinski definition) is 2. The van der Waals surface area contributed by atoms with Crippen molar-refractivity contribution in [2.75, 3.05) is 26.7 Å². The molecule has 1 aromatic heterocycles. The zero-order chi connectivity index (χ0) is 18.6. The summed E-state index contributed by atoms with van der Waals surface area (Å²) < 4.78 is 11.0. The minimum absolute atomic E-state index is 0. The molecule has 0 saturated carbocycles. The lowest BCUT2D eigenvalue weighted by molar-refractivity contribution is 0.230. The number of benzene rings is 1. The summed E-state index contributed by atoms with van der Waals surface area (Å²) in [6.07, 6.45) is 2.63. The van der Waals surface area contributed by atoms with E-state index < -0.39 is 0 Å². The summed E-state index contributed by atoms with van der Waals surface area (Å²) in [5.41, 5.74) is 1.06. The molecule has 1 aromatic carbocycles. The zero-order valence-electron chi connectivity index (χ0n) is 16.1. The van der Waals surface area contributed by atoms with Gasteiger partial charge in [0.05, 0.1) is 13.7 Å². The molecular weight excluding hydrogens is 455 g/mol. The van der Waals surface area contributed by atoms with Crippen molar-refractivity contribution in [3.63, 3.8) is 0 Å². The first-order valence-electron chi connectivity index (χ1n) is 8.94. The summed E-state index contributed by atoms with van der Waals surface area (Å²) in [6, 6.07) is 13.5. The molecule has 0 aliphatic rings. The highest BCUT2D eigenvalue weighted by Gasteiger charge is 2.05. The molecule has 0 aliphatic carbocycles. The van der Waals surface area contributed by atoms with Gasteiger partial charge >= 0.3 is 0 Å². The lowest BCUT2D eigenvalue weighted by atomic mass is 10.3. The lowest BCUT2D eigenvalue weighted by Gasteiger charge is -2.15. The van der Waals surface area contributed by atoms with E-state index >= 15 is 0 Å². The first-order valence-corrected chi connectivity index (χ1v) is 8.94. The molecule has 1 heterocycles. The second kappa shape index (κ2) is 13.2. The molecule has 0 bridgehead atoms. The fraction of sp³-hybridized carbons (Fsp3) is 0.400. The first-order chi connectivity index (χ1) is 12.7. The minimum atomic E-state index is -0.0327. The van der Waals surface area contributed by atoms with Crippen LogP contribution in [0.2, 0.25) is 0 Å². The van der Waals surface area contributed by atoms with Gasteiger partial charge in [-0.15, -0.1) is 24.0 Å². The van der Waals surface area contributed by atoms with Gasteiger partial charge in [-0.3, -0.25) is 4.98 Å². The molecule has 148 valence electrons. The SMILES string of the molecule is CCNC(=NCC(C)Oc1ccc(OC)cc1)NCCc1ccccn1.I. The highest BCUT2D eigenvalue weighted by atomic mass is 127. The highest BCUT2D eigenvalue weighted by molar-refractivity contribution is 14.0. The topological polar surface area (TPSA) is 67.8 Å². The molecule has 1 unspecified atom stereocenters. The number of guanidine groups is 1. The van der Waals surface area contributed by atoms with Gasteiger partial charge in [0.2, 0.25) is 0 Å². The van der Waals surface area contributed by atoms with Crippen molar-refractivity contribution in [2.24, 2.45) is 4.99 Å². The summed E-state index contributed by atoms with van der Waals surface area (Å²) in [5, 5.41) is 6.58. The van der Waals surface area contributed by atoms with Gasteiger partial charge in [-0.25, -0.2) is 4.99 Å². The molecular formula is C20H29IN4O2. The van der Waals surface area contributed by atoms with Crippen LogP contribution in [0.25, 0.3) is 0 Å². The summed E-state index contributed by atoms with van der Waals surface area (Å²) in [5.74, 6) is 2.41. The predicted molar refractivity (Wildman–Crippen MR) is 120 cm³/mol. The molecule has 2 rings (SSSR count). The normalized spacial score (nSPS) is 11.9. The van der Waals surface area contributed by atoms with Gasteiger partial charge in [0.25, 0.3) is 0 Å². The Hall–Kier alpha value is -2.03. The fourth-order valence-corrected chi connectivity index (χ4v) is 2.34.